The lowest BCUT2D eigenvalue weighted by molar-refractivity contribution is 0.0537. The normalized spacial score (nSPS) is 28.0. The van der Waals surface area contributed by atoms with Gasteiger partial charge in [0, 0.05) is 50.3 Å². The van der Waals surface area contributed by atoms with Crippen molar-refractivity contribution in [3.8, 4) is 0 Å². The summed E-state index contributed by atoms with van der Waals surface area (Å²) in [5.74, 6) is 1.99. The van der Waals surface area contributed by atoms with Crippen LogP contribution in [0.3, 0.4) is 0 Å². The monoisotopic (exact) mass is 382 g/mol. The van der Waals surface area contributed by atoms with Crippen LogP contribution in [0.5, 0.6) is 0 Å². The molecule has 2 saturated heterocycles. The number of ether oxygens (including phenoxy) is 1. The van der Waals surface area contributed by atoms with Crippen molar-refractivity contribution in [2.75, 3.05) is 32.8 Å². The van der Waals surface area contributed by atoms with E-state index >= 15 is 0 Å². The smallest absolute Gasteiger partial charge is 0.272 e. The number of carbonyl (C=O) groups is 1. The van der Waals surface area contributed by atoms with Crippen LogP contribution in [0.2, 0.25) is 0 Å². The number of likely N-dealkylation sites (tertiary alicyclic amines) is 1. The molecule has 3 fully saturated rings. The van der Waals surface area contributed by atoms with E-state index in [9.17, 15) is 4.79 Å². The Morgan fingerprint density at radius 2 is 1.93 bits per heavy atom. The summed E-state index contributed by atoms with van der Waals surface area (Å²) < 4.78 is 7.42. The van der Waals surface area contributed by atoms with Gasteiger partial charge < -0.3 is 15.0 Å². The maximum Gasteiger partial charge on any atom is 0.272 e. The van der Waals surface area contributed by atoms with Gasteiger partial charge in [0.15, 0.2) is 5.69 Å². The van der Waals surface area contributed by atoms with Gasteiger partial charge in [0.2, 0.25) is 0 Å². The third kappa shape index (κ3) is 3.22. The molecule has 6 nitrogen and oxygen atoms in total. The number of benzene rings is 1. The van der Waals surface area contributed by atoms with Crippen LogP contribution in [0, 0.1) is 17.8 Å². The number of nitrogens with one attached hydrogen (secondary N) is 1. The Kier molecular flexibility index (Phi) is 4.63. The van der Waals surface area contributed by atoms with Crippen LogP contribution in [-0.4, -0.2) is 59.5 Å². The highest BCUT2D eigenvalue weighted by Crippen LogP contribution is 2.46. The topological polar surface area (TPSA) is 59.4 Å². The number of hydrogen-bond acceptors (Lipinski definition) is 4. The molecule has 150 valence electrons. The lowest BCUT2D eigenvalue weighted by Crippen LogP contribution is -2.37. The molecule has 3 aliphatic rings. The third-order valence-corrected chi connectivity index (χ3v) is 6.74. The van der Waals surface area contributed by atoms with Crippen molar-refractivity contribution >= 4 is 16.8 Å². The maximum atomic E-state index is 13.0. The summed E-state index contributed by atoms with van der Waals surface area (Å²) in [5.41, 5.74) is 1.59. The van der Waals surface area contributed by atoms with Crippen LogP contribution < -0.4 is 5.32 Å². The molecule has 3 heterocycles. The largest absolute Gasteiger partial charge is 0.381 e. The molecule has 2 aliphatic heterocycles. The zero-order valence-electron chi connectivity index (χ0n) is 16.8. The highest BCUT2D eigenvalue weighted by atomic mass is 16.5. The number of para-hydroxylation sites is 1. The van der Waals surface area contributed by atoms with Crippen molar-refractivity contribution in [2.45, 2.75) is 38.8 Å². The second-order valence-electron chi connectivity index (χ2n) is 9.01. The Hall–Kier alpha value is -1.92. The number of amides is 1. The molecular weight excluding hydrogens is 352 g/mol. The minimum atomic E-state index is -0.0222. The SMILES string of the molecule is CC(C)n1nc(C(=O)NC2C3CN(CC4CCOCC4)CC32)c2ccccc21. The van der Waals surface area contributed by atoms with Gasteiger partial charge in [0.1, 0.15) is 0 Å². The maximum absolute atomic E-state index is 13.0. The van der Waals surface area contributed by atoms with Crippen LogP contribution in [0.1, 0.15) is 43.2 Å². The van der Waals surface area contributed by atoms with Crippen LogP contribution in [0.25, 0.3) is 10.9 Å². The number of fused-ring (bicyclic) bond motifs is 2. The summed E-state index contributed by atoms with van der Waals surface area (Å²) in [7, 11) is 0. The van der Waals surface area contributed by atoms with E-state index in [1.165, 1.54) is 19.4 Å². The predicted octanol–water partition coefficient (Wildman–Crippen LogP) is 2.70. The van der Waals surface area contributed by atoms with Crippen molar-refractivity contribution in [1.82, 2.24) is 20.0 Å². The fourth-order valence-electron chi connectivity index (χ4n) is 5.14. The molecule has 1 aromatic carbocycles. The number of nitrogens with zero attached hydrogens (tertiary/aromatic N) is 3. The summed E-state index contributed by atoms with van der Waals surface area (Å²) >= 11 is 0. The summed E-state index contributed by atoms with van der Waals surface area (Å²) in [5, 5.41) is 8.86. The fraction of sp³-hybridized carbons (Fsp3) is 0.636. The number of hydrogen-bond donors (Lipinski definition) is 1. The van der Waals surface area contributed by atoms with Crippen molar-refractivity contribution in [3.63, 3.8) is 0 Å². The van der Waals surface area contributed by atoms with Crippen LogP contribution in [0.4, 0.5) is 0 Å². The Morgan fingerprint density at radius 3 is 2.64 bits per heavy atom. The van der Waals surface area contributed by atoms with Gasteiger partial charge in [-0.15, -0.1) is 0 Å². The summed E-state index contributed by atoms with van der Waals surface area (Å²) in [6.07, 6.45) is 2.38. The minimum absolute atomic E-state index is 0.0222. The third-order valence-electron chi connectivity index (χ3n) is 6.74. The molecule has 0 radical (unpaired) electrons. The second kappa shape index (κ2) is 7.16. The Labute approximate surface area is 166 Å². The van der Waals surface area contributed by atoms with Gasteiger partial charge >= 0.3 is 0 Å². The van der Waals surface area contributed by atoms with E-state index in [1.807, 2.05) is 28.9 Å². The van der Waals surface area contributed by atoms with E-state index in [1.54, 1.807) is 0 Å². The van der Waals surface area contributed by atoms with E-state index < -0.39 is 0 Å². The zero-order valence-corrected chi connectivity index (χ0v) is 16.8. The molecule has 1 saturated carbocycles. The lowest BCUT2D eigenvalue weighted by Gasteiger charge is -2.28. The highest BCUT2D eigenvalue weighted by Gasteiger charge is 2.56. The first-order valence-electron chi connectivity index (χ1n) is 10.7. The Morgan fingerprint density at radius 1 is 1.21 bits per heavy atom. The number of carbonyl (C=O) groups excluding carboxylic acids is 1. The van der Waals surface area contributed by atoms with E-state index in [-0.39, 0.29) is 11.9 Å². The molecule has 5 rings (SSSR count). The average Bonchev–Trinajstić information content (AvgIpc) is 3.06. The van der Waals surface area contributed by atoms with Gasteiger partial charge in [0.05, 0.1) is 5.52 Å². The van der Waals surface area contributed by atoms with Crippen molar-refractivity contribution in [2.24, 2.45) is 17.8 Å². The first kappa shape index (κ1) is 18.1. The van der Waals surface area contributed by atoms with Crippen LogP contribution in [0.15, 0.2) is 24.3 Å². The summed E-state index contributed by atoms with van der Waals surface area (Å²) in [6.45, 7) is 9.46. The van der Waals surface area contributed by atoms with Gasteiger partial charge in [-0.2, -0.15) is 5.10 Å². The quantitative estimate of drug-likeness (QED) is 0.864. The second-order valence-corrected chi connectivity index (χ2v) is 9.01. The summed E-state index contributed by atoms with van der Waals surface area (Å²) in [6, 6.07) is 8.57. The fourth-order valence-corrected chi connectivity index (χ4v) is 5.14. The summed E-state index contributed by atoms with van der Waals surface area (Å²) in [4.78, 5) is 15.6. The van der Waals surface area contributed by atoms with Gasteiger partial charge in [-0.25, -0.2) is 0 Å². The van der Waals surface area contributed by atoms with E-state index in [2.05, 4.69) is 29.2 Å². The van der Waals surface area contributed by atoms with E-state index in [4.69, 9.17) is 4.74 Å². The van der Waals surface area contributed by atoms with Gasteiger partial charge in [-0.1, -0.05) is 18.2 Å². The molecular formula is C22H30N4O2. The average molecular weight is 383 g/mol. The van der Waals surface area contributed by atoms with E-state index in [0.29, 0.717) is 23.6 Å². The molecule has 28 heavy (non-hydrogen) atoms. The number of aromatic nitrogens is 2. The molecule has 2 unspecified atom stereocenters. The van der Waals surface area contributed by atoms with Crippen LogP contribution >= 0.6 is 0 Å². The number of piperidine rings is 1. The predicted molar refractivity (Wildman–Crippen MR) is 108 cm³/mol. The zero-order chi connectivity index (χ0) is 19.3. The molecule has 2 atom stereocenters. The number of rotatable bonds is 5. The lowest BCUT2D eigenvalue weighted by atomic mass is 10.00. The first-order chi connectivity index (χ1) is 13.6. The first-order valence-corrected chi connectivity index (χ1v) is 10.7. The molecule has 1 N–H and O–H groups in total. The molecule has 1 aromatic heterocycles. The molecule has 6 heteroatoms. The standard InChI is InChI=1S/C22H30N4O2/c1-14(2)26-19-6-4-3-5-16(19)21(24-26)22(27)23-20-17-12-25(13-18(17)20)11-15-7-9-28-10-8-15/h3-6,14-15,17-18,20H,7-13H2,1-2H3,(H,23,27). The molecule has 1 amide bonds. The van der Waals surface area contributed by atoms with Crippen LogP contribution in [-0.2, 0) is 4.74 Å². The van der Waals surface area contributed by atoms with Crippen molar-refractivity contribution < 1.29 is 9.53 Å². The van der Waals surface area contributed by atoms with E-state index in [0.717, 1.165) is 43.1 Å². The van der Waals surface area contributed by atoms with Crippen molar-refractivity contribution in [3.05, 3.63) is 30.0 Å². The highest BCUT2D eigenvalue weighted by molar-refractivity contribution is 6.05. The van der Waals surface area contributed by atoms with Gasteiger partial charge in [0.25, 0.3) is 5.91 Å². The molecule has 0 spiro atoms. The molecule has 0 bridgehead atoms. The molecule has 2 aromatic rings. The Balaban J connectivity index is 1.21. The van der Waals surface area contributed by atoms with Gasteiger partial charge in [-0.05, 0) is 50.5 Å². The minimum Gasteiger partial charge on any atom is -0.381 e. The Bertz CT molecular complexity index is 859. The molecule has 1 aliphatic carbocycles. The van der Waals surface area contributed by atoms with Crippen molar-refractivity contribution in [1.29, 1.82) is 0 Å². The van der Waals surface area contributed by atoms with Gasteiger partial charge in [-0.3, -0.25) is 9.48 Å².